The van der Waals surface area contributed by atoms with Crippen LogP contribution >= 0.6 is 11.3 Å². The number of hydrogen-bond acceptors (Lipinski definition) is 5. The van der Waals surface area contributed by atoms with E-state index >= 15 is 0 Å². The minimum atomic E-state index is -0.316. The van der Waals surface area contributed by atoms with Gasteiger partial charge in [0.2, 0.25) is 0 Å². The number of ether oxygens (including phenoxy) is 1. The highest BCUT2D eigenvalue weighted by Gasteiger charge is 2.14. The first-order valence-corrected chi connectivity index (χ1v) is 8.20. The smallest absolute Gasteiger partial charge is 0.188 e. The molecule has 0 unspecified atom stereocenters. The van der Waals surface area contributed by atoms with E-state index in [4.69, 9.17) is 4.74 Å². The van der Waals surface area contributed by atoms with Gasteiger partial charge in [-0.3, -0.25) is 0 Å². The Kier molecular flexibility index (Phi) is 3.38. The number of hydrogen-bond donors (Lipinski definition) is 1. The van der Waals surface area contributed by atoms with Gasteiger partial charge in [-0.15, -0.1) is 0 Å². The van der Waals surface area contributed by atoms with Crippen LogP contribution in [0.2, 0.25) is 0 Å². The van der Waals surface area contributed by atoms with Crippen molar-refractivity contribution in [2.45, 2.75) is 6.92 Å². The van der Waals surface area contributed by atoms with Crippen LogP contribution in [0.4, 0.5) is 15.2 Å². The Hall–Kier alpha value is -2.67. The van der Waals surface area contributed by atoms with Gasteiger partial charge in [0.05, 0.1) is 29.3 Å². The van der Waals surface area contributed by atoms with Crippen LogP contribution in [0.1, 0.15) is 5.56 Å². The number of imidazole rings is 1. The Morgan fingerprint density at radius 2 is 2.08 bits per heavy atom. The van der Waals surface area contributed by atoms with Crippen LogP contribution < -0.4 is 10.1 Å². The molecule has 0 atom stereocenters. The molecule has 0 bridgehead atoms. The molecule has 122 valence electrons. The molecule has 0 spiro atoms. The summed E-state index contributed by atoms with van der Waals surface area (Å²) in [6.45, 7) is 1.81. The van der Waals surface area contributed by atoms with E-state index < -0.39 is 0 Å². The van der Waals surface area contributed by atoms with Crippen molar-refractivity contribution >= 4 is 43.4 Å². The van der Waals surface area contributed by atoms with Crippen molar-refractivity contribution in [3.63, 3.8) is 0 Å². The van der Waals surface area contributed by atoms with Crippen molar-refractivity contribution < 1.29 is 9.13 Å². The first-order chi connectivity index (χ1) is 11.6. The molecule has 0 aliphatic rings. The Bertz CT molecular complexity index is 1070. The largest absolute Gasteiger partial charge is 0.494 e. The Labute approximate surface area is 141 Å². The number of nitrogens with one attached hydrogen (secondary N) is 1. The Balaban J connectivity index is 1.82. The predicted molar refractivity (Wildman–Crippen MR) is 94.9 cm³/mol. The second-order valence-corrected chi connectivity index (χ2v) is 6.61. The first kappa shape index (κ1) is 14.9. The maximum absolute atomic E-state index is 13.7. The average molecular weight is 342 g/mol. The van der Waals surface area contributed by atoms with Crippen molar-refractivity contribution in [3.05, 3.63) is 42.0 Å². The number of fused-ring (bicyclic) bond motifs is 3. The SMILES string of the molecule is COc1c(C)cc(F)cc1Nc1nc2c(ccc3c2ncn3C)s1. The van der Waals surface area contributed by atoms with Crippen LogP contribution in [-0.2, 0) is 7.05 Å². The molecule has 4 rings (SSSR count). The zero-order valence-corrected chi connectivity index (χ0v) is 14.2. The van der Waals surface area contributed by atoms with Gasteiger partial charge in [0.25, 0.3) is 0 Å². The van der Waals surface area contributed by atoms with Crippen LogP contribution in [-0.4, -0.2) is 21.6 Å². The fourth-order valence-electron chi connectivity index (χ4n) is 2.85. The fourth-order valence-corrected chi connectivity index (χ4v) is 3.73. The summed E-state index contributed by atoms with van der Waals surface area (Å²) in [5.41, 5.74) is 4.02. The number of benzene rings is 2. The van der Waals surface area contributed by atoms with E-state index in [9.17, 15) is 4.39 Å². The van der Waals surface area contributed by atoms with Gasteiger partial charge in [0.1, 0.15) is 22.6 Å². The number of rotatable bonds is 3. The third-order valence-electron chi connectivity index (χ3n) is 3.94. The molecule has 0 fully saturated rings. The highest BCUT2D eigenvalue weighted by molar-refractivity contribution is 7.22. The van der Waals surface area contributed by atoms with E-state index in [-0.39, 0.29) is 5.82 Å². The minimum absolute atomic E-state index is 0.316. The number of nitrogens with zero attached hydrogens (tertiary/aromatic N) is 3. The molecule has 0 amide bonds. The molecule has 0 aliphatic heterocycles. The molecule has 7 heteroatoms. The number of methoxy groups -OCH3 is 1. The average Bonchev–Trinajstić information content (AvgIpc) is 3.10. The van der Waals surface area contributed by atoms with Crippen molar-refractivity contribution in [2.24, 2.45) is 7.05 Å². The van der Waals surface area contributed by atoms with Crippen molar-refractivity contribution in [3.8, 4) is 5.75 Å². The zero-order valence-electron chi connectivity index (χ0n) is 13.4. The third-order valence-corrected chi connectivity index (χ3v) is 4.87. The molecular formula is C17H15FN4OS. The molecule has 24 heavy (non-hydrogen) atoms. The van der Waals surface area contributed by atoms with Crippen LogP contribution in [0.25, 0.3) is 21.3 Å². The lowest BCUT2D eigenvalue weighted by atomic mass is 10.2. The van der Waals surface area contributed by atoms with Gasteiger partial charge < -0.3 is 14.6 Å². The summed E-state index contributed by atoms with van der Waals surface area (Å²) < 4.78 is 22.1. The van der Waals surface area contributed by atoms with E-state index in [1.807, 2.05) is 30.7 Å². The highest BCUT2D eigenvalue weighted by atomic mass is 32.1. The Morgan fingerprint density at radius 1 is 1.25 bits per heavy atom. The topological polar surface area (TPSA) is 52.0 Å². The van der Waals surface area contributed by atoms with Crippen LogP contribution in [0.3, 0.4) is 0 Å². The molecule has 2 aromatic carbocycles. The Morgan fingerprint density at radius 3 is 2.88 bits per heavy atom. The number of anilines is 2. The zero-order chi connectivity index (χ0) is 16.8. The van der Waals surface area contributed by atoms with Crippen molar-refractivity contribution in [2.75, 3.05) is 12.4 Å². The predicted octanol–water partition coefficient (Wildman–Crippen LogP) is 4.38. The second-order valence-electron chi connectivity index (χ2n) is 5.58. The quantitative estimate of drug-likeness (QED) is 0.600. The molecule has 2 aromatic heterocycles. The fraction of sp³-hybridized carbons (Fsp3) is 0.176. The monoisotopic (exact) mass is 342 g/mol. The van der Waals surface area contributed by atoms with Crippen LogP contribution in [0, 0.1) is 12.7 Å². The van der Waals surface area contributed by atoms with E-state index in [0.717, 1.165) is 26.8 Å². The molecule has 5 nitrogen and oxygen atoms in total. The lowest BCUT2D eigenvalue weighted by molar-refractivity contribution is 0.412. The van der Waals surface area contributed by atoms with Gasteiger partial charge in [-0.05, 0) is 30.7 Å². The normalized spacial score (nSPS) is 11.3. The van der Waals surface area contributed by atoms with Gasteiger partial charge in [0, 0.05) is 13.1 Å². The van der Waals surface area contributed by atoms with E-state index in [1.165, 1.54) is 23.5 Å². The van der Waals surface area contributed by atoms with Gasteiger partial charge in [-0.2, -0.15) is 0 Å². The van der Waals surface area contributed by atoms with Crippen molar-refractivity contribution in [1.82, 2.24) is 14.5 Å². The van der Waals surface area contributed by atoms with Gasteiger partial charge in [-0.25, -0.2) is 14.4 Å². The summed E-state index contributed by atoms with van der Waals surface area (Å²) in [6.07, 6.45) is 1.77. The van der Waals surface area contributed by atoms with Crippen LogP contribution in [0.5, 0.6) is 5.75 Å². The van der Waals surface area contributed by atoms with Gasteiger partial charge in [0.15, 0.2) is 5.13 Å². The minimum Gasteiger partial charge on any atom is -0.494 e. The van der Waals surface area contributed by atoms with E-state index in [0.29, 0.717) is 16.6 Å². The molecule has 4 aromatic rings. The standard InChI is InChI=1S/C17H15FN4OS/c1-9-6-10(18)7-11(16(9)23-3)20-17-21-15-13(24-17)5-4-12-14(15)19-8-22(12)2/h4-8H,1-3H3,(H,20,21). The maximum Gasteiger partial charge on any atom is 0.188 e. The summed E-state index contributed by atoms with van der Waals surface area (Å²) in [7, 11) is 3.52. The molecule has 1 N–H and O–H groups in total. The lowest BCUT2D eigenvalue weighted by Gasteiger charge is -2.11. The maximum atomic E-state index is 13.7. The number of aryl methyl sites for hydroxylation is 2. The van der Waals surface area contributed by atoms with E-state index in [2.05, 4.69) is 15.3 Å². The molecular weight excluding hydrogens is 327 g/mol. The summed E-state index contributed by atoms with van der Waals surface area (Å²) in [4.78, 5) is 9.06. The number of aromatic nitrogens is 3. The van der Waals surface area contributed by atoms with Gasteiger partial charge >= 0.3 is 0 Å². The van der Waals surface area contributed by atoms with Gasteiger partial charge in [-0.1, -0.05) is 11.3 Å². The molecule has 0 aliphatic carbocycles. The summed E-state index contributed by atoms with van der Waals surface area (Å²) in [6, 6.07) is 6.91. The summed E-state index contributed by atoms with van der Waals surface area (Å²) in [5, 5.41) is 3.85. The number of thiazole rings is 1. The van der Waals surface area contributed by atoms with Crippen molar-refractivity contribution in [1.29, 1.82) is 0 Å². The summed E-state index contributed by atoms with van der Waals surface area (Å²) in [5.74, 6) is 0.294. The second kappa shape index (κ2) is 5.45. The van der Waals surface area contributed by atoms with Crippen LogP contribution in [0.15, 0.2) is 30.6 Å². The number of halogens is 1. The summed E-state index contributed by atoms with van der Waals surface area (Å²) >= 11 is 1.50. The van der Waals surface area contributed by atoms with E-state index in [1.54, 1.807) is 13.4 Å². The lowest BCUT2D eigenvalue weighted by Crippen LogP contribution is -1.97. The molecule has 0 saturated heterocycles. The third kappa shape index (κ3) is 2.28. The molecule has 0 radical (unpaired) electrons. The molecule has 0 saturated carbocycles. The highest BCUT2D eigenvalue weighted by Crippen LogP contribution is 2.36. The first-order valence-electron chi connectivity index (χ1n) is 7.38. The molecule has 2 heterocycles.